The van der Waals surface area contributed by atoms with E-state index in [1.165, 1.54) is 0 Å². The van der Waals surface area contributed by atoms with E-state index in [4.69, 9.17) is 5.73 Å². The maximum absolute atomic E-state index is 9.61. The predicted octanol–water partition coefficient (Wildman–Crippen LogP) is 0.771. The van der Waals surface area contributed by atoms with Gasteiger partial charge in [-0.2, -0.15) is 0 Å². The molecule has 3 N–H and O–H groups in total. The van der Waals surface area contributed by atoms with Crippen LogP contribution in [-0.2, 0) is 0 Å². The molecule has 0 aliphatic carbocycles. The third-order valence-corrected chi connectivity index (χ3v) is 1.90. The second-order valence-electron chi connectivity index (χ2n) is 3.04. The highest BCUT2D eigenvalue weighted by Gasteiger charge is 2.13. The molecule has 0 saturated carbocycles. The molecule has 12 heavy (non-hydrogen) atoms. The first-order valence-electron chi connectivity index (χ1n) is 3.97. The topological polar surface area (TPSA) is 59.1 Å². The normalized spacial score (nSPS) is 15.7. The summed E-state index contributed by atoms with van der Waals surface area (Å²) < 4.78 is 0. The lowest BCUT2D eigenvalue weighted by Crippen LogP contribution is -2.25. The van der Waals surface area contributed by atoms with Gasteiger partial charge in [0.05, 0.1) is 6.10 Å². The molecule has 0 spiro atoms. The second kappa shape index (κ2) is 3.65. The molecule has 0 bridgehead atoms. The zero-order valence-electron chi connectivity index (χ0n) is 7.36. The molecule has 0 saturated heterocycles. The first kappa shape index (κ1) is 9.16. The van der Waals surface area contributed by atoms with Crippen LogP contribution >= 0.6 is 0 Å². The van der Waals surface area contributed by atoms with E-state index >= 15 is 0 Å². The average molecular weight is 166 g/mol. The highest BCUT2D eigenvalue weighted by atomic mass is 16.3. The SMILES string of the molecule is Cc1ccncc1[C@H](O)[C@H](C)N. The highest BCUT2D eigenvalue weighted by Crippen LogP contribution is 2.17. The van der Waals surface area contributed by atoms with Gasteiger partial charge in [0.2, 0.25) is 0 Å². The molecule has 3 heteroatoms. The Balaban J connectivity index is 2.94. The zero-order chi connectivity index (χ0) is 9.14. The number of nitrogens with zero attached hydrogens (tertiary/aromatic N) is 1. The minimum Gasteiger partial charge on any atom is -0.387 e. The van der Waals surface area contributed by atoms with Gasteiger partial charge in [-0.1, -0.05) is 0 Å². The van der Waals surface area contributed by atoms with E-state index in [-0.39, 0.29) is 6.04 Å². The van der Waals surface area contributed by atoms with Crippen LogP contribution in [0.3, 0.4) is 0 Å². The van der Waals surface area contributed by atoms with Crippen LogP contribution in [0.5, 0.6) is 0 Å². The molecular weight excluding hydrogens is 152 g/mol. The van der Waals surface area contributed by atoms with Crippen LogP contribution in [0.4, 0.5) is 0 Å². The van der Waals surface area contributed by atoms with Crippen LogP contribution in [-0.4, -0.2) is 16.1 Å². The molecule has 1 aromatic heterocycles. The van der Waals surface area contributed by atoms with Crippen LogP contribution in [0.1, 0.15) is 24.2 Å². The Kier molecular flexibility index (Phi) is 2.78. The van der Waals surface area contributed by atoms with Crippen LogP contribution < -0.4 is 5.73 Å². The number of aryl methyl sites for hydroxylation is 1. The van der Waals surface area contributed by atoms with Crippen molar-refractivity contribution in [2.75, 3.05) is 0 Å². The van der Waals surface area contributed by atoms with Gasteiger partial charge in [0.25, 0.3) is 0 Å². The van der Waals surface area contributed by atoms with Gasteiger partial charge in [-0.15, -0.1) is 0 Å². The van der Waals surface area contributed by atoms with E-state index in [1.807, 2.05) is 13.0 Å². The molecule has 0 fully saturated rings. The molecule has 1 heterocycles. The molecule has 0 radical (unpaired) electrons. The van der Waals surface area contributed by atoms with Gasteiger partial charge < -0.3 is 10.8 Å². The minimum atomic E-state index is -0.612. The summed E-state index contributed by atoms with van der Waals surface area (Å²) in [6, 6.07) is 1.61. The Labute approximate surface area is 72.2 Å². The van der Waals surface area contributed by atoms with E-state index in [2.05, 4.69) is 4.98 Å². The van der Waals surface area contributed by atoms with Crippen molar-refractivity contribution >= 4 is 0 Å². The Morgan fingerprint density at radius 3 is 2.75 bits per heavy atom. The van der Waals surface area contributed by atoms with Gasteiger partial charge >= 0.3 is 0 Å². The summed E-state index contributed by atoms with van der Waals surface area (Å²) >= 11 is 0. The summed E-state index contributed by atoms with van der Waals surface area (Å²) in [6.45, 7) is 3.71. The number of pyridine rings is 1. The third kappa shape index (κ3) is 1.81. The largest absolute Gasteiger partial charge is 0.387 e. The van der Waals surface area contributed by atoms with Crippen molar-refractivity contribution in [3.8, 4) is 0 Å². The lowest BCUT2D eigenvalue weighted by atomic mass is 10.0. The van der Waals surface area contributed by atoms with Gasteiger partial charge in [-0.05, 0) is 25.5 Å². The molecule has 1 aromatic rings. The summed E-state index contributed by atoms with van der Waals surface area (Å²) in [5.74, 6) is 0. The fraction of sp³-hybridized carbons (Fsp3) is 0.444. The van der Waals surface area contributed by atoms with Crippen LogP contribution in [0.25, 0.3) is 0 Å². The van der Waals surface area contributed by atoms with Gasteiger partial charge in [0, 0.05) is 24.0 Å². The quantitative estimate of drug-likeness (QED) is 0.682. The van der Waals surface area contributed by atoms with Crippen LogP contribution in [0.15, 0.2) is 18.5 Å². The summed E-state index contributed by atoms with van der Waals surface area (Å²) in [6.07, 6.45) is 2.74. The van der Waals surface area contributed by atoms with Gasteiger partial charge in [-0.3, -0.25) is 4.98 Å². The first-order chi connectivity index (χ1) is 5.63. The lowest BCUT2D eigenvalue weighted by molar-refractivity contribution is 0.152. The Morgan fingerprint density at radius 1 is 1.58 bits per heavy atom. The third-order valence-electron chi connectivity index (χ3n) is 1.90. The summed E-state index contributed by atoms with van der Waals surface area (Å²) in [4.78, 5) is 3.93. The molecule has 66 valence electrons. The highest BCUT2D eigenvalue weighted by molar-refractivity contribution is 5.24. The molecule has 0 aliphatic rings. The first-order valence-corrected chi connectivity index (χ1v) is 3.97. The van der Waals surface area contributed by atoms with E-state index < -0.39 is 6.10 Å². The van der Waals surface area contributed by atoms with Crippen molar-refractivity contribution in [3.63, 3.8) is 0 Å². The molecule has 0 aliphatic heterocycles. The van der Waals surface area contributed by atoms with Crippen molar-refractivity contribution in [2.24, 2.45) is 5.73 Å². The second-order valence-corrected chi connectivity index (χ2v) is 3.04. The number of aliphatic hydroxyl groups is 1. The van der Waals surface area contributed by atoms with Gasteiger partial charge in [0.1, 0.15) is 0 Å². The summed E-state index contributed by atoms with van der Waals surface area (Å²) in [5.41, 5.74) is 7.39. The van der Waals surface area contributed by atoms with Crippen LogP contribution in [0.2, 0.25) is 0 Å². The smallest absolute Gasteiger partial charge is 0.0955 e. The zero-order valence-corrected chi connectivity index (χ0v) is 7.36. The Bertz CT molecular complexity index is 260. The maximum Gasteiger partial charge on any atom is 0.0955 e. The van der Waals surface area contributed by atoms with Crippen molar-refractivity contribution in [3.05, 3.63) is 29.6 Å². The molecule has 3 nitrogen and oxygen atoms in total. The molecular formula is C9H14N2O. The van der Waals surface area contributed by atoms with E-state index in [9.17, 15) is 5.11 Å². The number of rotatable bonds is 2. The number of aliphatic hydroxyl groups excluding tert-OH is 1. The predicted molar refractivity (Wildman–Crippen MR) is 47.6 cm³/mol. The fourth-order valence-electron chi connectivity index (χ4n) is 1.07. The Hall–Kier alpha value is -0.930. The fourth-order valence-corrected chi connectivity index (χ4v) is 1.07. The van der Waals surface area contributed by atoms with Crippen molar-refractivity contribution in [1.29, 1.82) is 0 Å². The van der Waals surface area contributed by atoms with E-state index in [0.717, 1.165) is 11.1 Å². The number of nitrogens with two attached hydrogens (primary N) is 1. The average Bonchev–Trinajstić information content (AvgIpc) is 2.04. The van der Waals surface area contributed by atoms with E-state index in [0.29, 0.717) is 0 Å². The van der Waals surface area contributed by atoms with Gasteiger partial charge in [0.15, 0.2) is 0 Å². The maximum atomic E-state index is 9.61. The van der Waals surface area contributed by atoms with Crippen molar-refractivity contribution in [1.82, 2.24) is 4.98 Å². The summed E-state index contributed by atoms with van der Waals surface area (Å²) in [5, 5.41) is 9.61. The number of hydrogen-bond donors (Lipinski definition) is 2. The molecule has 0 unspecified atom stereocenters. The van der Waals surface area contributed by atoms with Gasteiger partial charge in [-0.25, -0.2) is 0 Å². The summed E-state index contributed by atoms with van der Waals surface area (Å²) in [7, 11) is 0. The van der Waals surface area contributed by atoms with E-state index in [1.54, 1.807) is 19.3 Å². The molecule has 0 aromatic carbocycles. The lowest BCUT2D eigenvalue weighted by Gasteiger charge is -2.16. The monoisotopic (exact) mass is 166 g/mol. The molecule has 2 atom stereocenters. The van der Waals surface area contributed by atoms with Crippen molar-refractivity contribution < 1.29 is 5.11 Å². The molecule has 1 rings (SSSR count). The minimum absolute atomic E-state index is 0.257. The van der Waals surface area contributed by atoms with Crippen molar-refractivity contribution in [2.45, 2.75) is 26.0 Å². The number of aromatic nitrogens is 1. The standard InChI is InChI=1S/C9H14N2O/c1-6-3-4-11-5-8(6)9(12)7(2)10/h3-5,7,9,12H,10H2,1-2H3/t7-,9+/m0/s1. The molecule has 0 amide bonds. The Morgan fingerprint density at radius 2 is 2.25 bits per heavy atom. The number of hydrogen-bond acceptors (Lipinski definition) is 3. The van der Waals surface area contributed by atoms with Crippen LogP contribution in [0, 0.1) is 6.92 Å².